The molecule has 2 saturated heterocycles. The van der Waals surface area contributed by atoms with E-state index >= 15 is 0 Å². The van der Waals surface area contributed by atoms with Gasteiger partial charge >= 0.3 is 0 Å². The van der Waals surface area contributed by atoms with Gasteiger partial charge in [-0.3, -0.25) is 4.90 Å². The monoisotopic (exact) mass is 305 g/mol. The molecule has 118 valence electrons. The van der Waals surface area contributed by atoms with Crippen molar-refractivity contribution < 1.29 is 13.9 Å². The number of halogens is 1. The first kappa shape index (κ1) is 15.2. The molecular formula is C16H20FN3O2. The summed E-state index contributed by atoms with van der Waals surface area (Å²) in [5, 5.41) is 12.1. The number of hydrogen-bond donors (Lipinski definition) is 1. The van der Waals surface area contributed by atoms with Crippen molar-refractivity contribution in [3.63, 3.8) is 0 Å². The van der Waals surface area contributed by atoms with Crippen molar-refractivity contribution in [2.24, 2.45) is 0 Å². The lowest BCUT2D eigenvalue weighted by atomic mass is 10.1. The zero-order valence-electron chi connectivity index (χ0n) is 12.4. The minimum atomic E-state index is -0.481. The van der Waals surface area contributed by atoms with Crippen LogP contribution in [0.4, 0.5) is 4.39 Å². The molecule has 22 heavy (non-hydrogen) atoms. The predicted octanol–water partition coefficient (Wildman–Crippen LogP) is 1.14. The number of benzene rings is 1. The maximum Gasteiger partial charge on any atom is 0.166 e. The molecule has 0 aliphatic carbocycles. The molecule has 1 aromatic carbocycles. The molecule has 0 aromatic heterocycles. The molecule has 2 aliphatic heterocycles. The van der Waals surface area contributed by atoms with Crippen LogP contribution in [0.3, 0.4) is 0 Å². The Morgan fingerprint density at radius 1 is 1.36 bits per heavy atom. The van der Waals surface area contributed by atoms with Crippen LogP contribution in [0.25, 0.3) is 0 Å². The highest BCUT2D eigenvalue weighted by molar-refractivity contribution is 5.35. The number of ether oxygens (including phenoxy) is 2. The second-order valence-electron chi connectivity index (χ2n) is 5.76. The number of nitriles is 1. The van der Waals surface area contributed by atoms with E-state index in [-0.39, 0.29) is 18.0 Å². The van der Waals surface area contributed by atoms with Crippen molar-refractivity contribution >= 4 is 0 Å². The first-order valence-corrected chi connectivity index (χ1v) is 7.65. The second kappa shape index (κ2) is 7.05. The van der Waals surface area contributed by atoms with Gasteiger partial charge in [0.25, 0.3) is 0 Å². The lowest BCUT2D eigenvalue weighted by Crippen LogP contribution is -2.58. The van der Waals surface area contributed by atoms with Crippen LogP contribution in [0.15, 0.2) is 18.2 Å². The molecule has 2 aliphatic rings. The Morgan fingerprint density at radius 2 is 2.14 bits per heavy atom. The third-order valence-corrected chi connectivity index (χ3v) is 3.99. The smallest absolute Gasteiger partial charge is 0.166 e. The maximum absolute atomic E-state index is 13.7. The van der Waals surface area contributed by atoms with E-state index in [0.717, 1.165) is 39.1 Å². The number of hydrogen-bond acceptors (Lipinski definition) is 5. The van der Waals surface area contributed by atoms with E-state index in [1.54, 1.807) is 6.07 Å². The van der Waals surface area contributed by atoms with Gasteiger partial charge in [-0.05, 0) is 24.6 Å². The minimum absolute atomic E-state index is 0.210. The fourth-order valence-corrected chi connectivity index (χ4v) is 2.98. The Hall–Kier alpha value is -1.68. The summed E-state index contributed by atoms with van der Waals surface area (Å²) in [5.74, 6) is -0.270. The van der Waals surface area contributed by atoms with Crippen molar-refractivity contribution in [1.29, 1.82) is 5.26 Å². The topological polar surface area (TPSA) is 57.5 Å². The summed E-state index contributed by atoms with van der Waals surface area (Å²) in [6.07, 6.45) is 1.40. The average molecular weight is 305 g/mol. The van der Waals surface area contributed by atoms with Gasteiger partial charge in [0.2, 0.25) is 0 Å². The van der Waals surface area contributed by atoms with Crippen LogP contribution < -0.4 is 10.1 Å². The molecular weight excluding hydrogens is 285 g/mol. The van der Waals surface area contributed by atoms with E-state index in [9.17, 15) is 4.39 Å². The lowest BCUT2D eigenvalue weighted by Gasteiger charge is -2.41. The van der Waals surface area contributed by atoms with Gasteiger partial charge < -0.3 is 14.8 Å². The van der Waals surface area contributed by atoms with Crippen molar-refractivity contribution in [2.75, 3.05) is 39.3 Å². The average Bonchev–Trinajstić information content (AvgIpc) is 2.52. The molecule has 1 N–H and O–H groups in total. The summed E-state index contributed by atoms with van der Waals surface area (Å²) >= 11 is 0. The lowest BCUT2D eigenvalue weighted by molar-refractivity contribution is -0.103. The Morgan fingerprint density at radius 3 is 2.82 bits per heavy atom. The van der Waals surface area contributed by atoms with Crippen molar-refractivity contribution in [1.82, 2.24) is 10.2 Å². The Kier molecular flexibility index (Phi) is 4.88. The van der Waals surface area contributed by atoms with Gasteiger partial charge in [0.05, 0.1) is 30.4 Å². The van der Waals surface area contributed by atoms with Crippen LogP contribution >= 0.6 is 0 Å². The van der Waals surface area contributed by atoms with Crippen molar-refractivity contribution in [3.8, 4) is 11.8 Å². The van der Waals surface area contributed by atoms with E-state index in [1.165, 1.54) is 12.1 Å². The first-order chi connectivity index (χ1) is 10.7. The zero-order valence-corrected chi connectivity index (χ0v) is 12.4. The standard InChI is InChI=1S/C16H20FN3O2/c17-15-6-12(7-18)2-3-16(15)21-5-1-4-20-10-13-8-19-9-14(11-20)22-13/h2-3,6,13-14,19H,1,4-5,8-11H2. The molecule has 0 radical (unpaired) electrons. The van der Waals surface area contributed by atoms with Crippen LogP contribution in [0.1, 0.15) is 12.0 Å². The minimum Gasteiger partial charge on any atom is -0.490 e. The van der Waals surface area contributed by atoms with Crippen molar-refractivity contribution in [2.45, 2.75) is 18.6 Å². The van der Waals surface area contributed by atoms with E-state index in [2.05, 4.69) is 10.2 Å². The molecule has 0 amide bonds. The van der Waals surface area contributed by atoms with E-state index in [1.807, 2.05) is 6.07 Å². The van der Waals surface area contributed by atoms with Gasteiger partial charge in [0.15, 0.2) is 11.6 Å². The summed E-state index contributed by atoms with van der Waals surface area (Å²) < 4.78 is 25.0. The second-order valence-corrected chi connectivity index (χ2v) is 5.76. The Balaban J connectivity index is 1.41. The molecule has 6 heteroatoms. The summed E-state index contributed by atoms with van der Waals surface area (Å²) in [6.45, 7) is 5.10. The predicted molar refractivity (Wildman–Crippen MR) is 79.2 cm³/mol. The molecule has 2 unspecified atom stereocenters. The summed E-state index contributed by atoms with van der Waals surface area (Å²) in [5.41, 5.74) is 0.304. The highest BCUT2D eigenvalue weighted by Crippen LogP contribution is 2.18. The molecule has 3 rings (SSSR count). The van der Waals surface area contributed by atoms with Crippen LogP contribution in [0, 0.1) is 17.1 Å². The highest BCUT2D eigenvalue weighted by Gasteiger charge is 2.30. The van der Waals surface area contributed by atoms with Gasteiger partial charge in [0, 0.05) is 32.7 Å². The maximum atomic E-state index is 13.7. The molecule has 0 saturated carbocycles. The molecule has 2 bridgehead atoms. The number of nitrogens with one attached hydrogen (secondary N) is 1. The molecule has 2 atom stereocenters. The third kappa shape index (κ3) is 3.74. The zero-order chi connectivity index (χ0) is 15.4. The first-order valence-electron chi connectivity index (χ1n) is 7.65. The van der Waals surface area contributed by atoms with Gasteiger partial charge in [-0.1, -0.05) is 0 Å². The molecule has 2 fully saturated rings. The van der Waals surface area contributed by atoms with Gasteiger partial charge in [-0.2, -0.15) is 5.26 Å². The van der Waals surface area contributed by atoms with Crippen LogP contribution in [0.2, 0.25) is 0 Å². The quantitative estimate of drug-likeness (QED) is 0.827. The summed E-state index contributed by atoms with van der Waals surface area (Å²) in [7, 11) is 0. The fourth-order valence-electron chi connectivity index (χ4n) is 2.98. The number of rotatable bonds is 5. The number of nitrogens with zero attached hydrogens (tertiary/aromatic N) is 2. The van der Waals surface area contributed by atoms with Crippen molar-refractivity contribution in [3.05, 3.63) is 29.6 Å². The third-order valence-electron chi connectivity index (χ3n) is 3.99. The van der Waals surface area contributed by atoms with E-state index in [4.69, 9.17) is 14.7 Å². The molecule has 0 spiro atoms. The van der Waals surface area contributed by atoms with Crippen LogP contribution in [0.5, 0.6) is 5.75 Å². The largest absolute Gasteiger partial charge is 0.490 e. The fraction of sp³-hybridized carbons (Fsp3) is 0.562. The SMILES string of the molecule is N#Cc1ccc(OCCCN2CC3CNCC(C2)O3)c(F)c1. The van der Waals surface area contributed by atoms with Gasteiger partial charge in [0.1, 0.15) is 0 Å². The summed E-state index contributed by atoms with van der Waals surface area (Å²) in [4.78, 5) is 2.39. The number of morpholine rings is 2. The van der Waals surface area contributed by atoms with E-state index < -0.39 is 5.82 Å². The highest BCUT2D eigenvalue weighted by atomic mass is 19.1. The molecule has 1 aromatic rings. The molecule has 2 heterocycles. The van der Waals surface area contributed by atoms with Gasteiger partial charge in [-0.25, -0.2) is 4.39 Å². The van der Waals surface area contributed by atoms with Gasteiger partial charge in [-0.15, -0.1) is 0 Å². The van der Waals surface area contributed by atoms with Crippen LogP contribution in [-0.2, 0) is 4.74 Å². The Labute approximate surface area is 129 Å². The van der Waals surface area contributed by atoms with Crippen LogP contribution in [-0.4, -0.2) is 56.4 Å². The normalized spacial score (nSPS) is 24.7. The Bertz CT molecular complexity index is 549. The number of fused-ring (bicyclic) bond motifs is 2. The molecule has 5 nitrogen and oxygen atoms in total. The van der Waals surface area contributed by atoms with E-state index in [0.29, 0.717) is 12.2 Å². The summed E-state index contributed by atoms with van der Waals surface area (Å²) in [6, 6.07) is 6.18.